The van der Waals surface area contributed by atoms with Crippen LogP contribution in [0.3, 0.4) is 0 Å². The number of aromatic nitrogens is 1. The maximum atomic E-state index is 12.5. The Hall–Kier alpha value is -3.73. The van der Waals surface area contributed by atoms with Crippen LogP contribution in [0, 0.1) is 11.3 Å². The molecule has 0 radical (unpaired) electrons. The molecule has 1 heterocycles. The normalized spacial score (nSPS) is 10.9. The summed E-state index contributed by atoms with van der Waals surface area (Å²) in [4.78, 5) is 40.9. The van der Waals surface area contributed by atoms with E-state index in [0.29, 0.717) is 11.4 Å². The van der Waals surface area contributed by atoms with Crippen molar-refractivity contribution in [2.75, 3.05) is 10.6 Å². The third-order valence-corrected chi connectivity index (χ3v) is 4.14. The number of hydrogen-bond acceptors (Lipinski definition) is 6. The number of hydrogen-bond donors (Lipinski definition) is 2. The molecule has 2 aromatic rings. The first-order valence-corrected chi connectivity index (χ1v) is 9.81. The number of ether oxygens (including phenoxy) is 1. The van der Waals surface area contributed by atoms with Gasteiger partial charge in [-0.3, -0.25) is 14.9 Å². The molecule has 0 bridgehead atoms. The average molecular weight is 422 g/mol. The van der Waals surface area contributed by atoms with Crippen LogP contribution < -0.4 is 10.6 Å². The largest absolute Gasteiger partial charge is 0.444 e. The van der Waals surface area contributed by atoms with Crippen LogP contribution in [0.4, 0.5) is 16.2 Å². The summed E-state index contributed by atoms with van der Waals surface area (Å²) in [6, 6.07) is 9.92. The minimum atomic E-state index is -0.676. The Morgan fingerprint density at radius 3 is 2.42 bits per heavy atom. The number of nitriles is 1. The number of carbonyl (C=O) groups excluding carboxylic acids is 3. The number of nitrogens with zero attached hydrogens (tertiary/aromatic N) is 2. The molecule has 0 fully saturated rings. The Kier molecular flexibility index (Phi) is 7.48. The Morgan fingerprint density at radius 1 is 1.10 bits per heavy atom. The van der Waals surface area contributed by atoms with Crippen LogP contribution in [-0.2, 0) is 9.53 Å². The number of pyridine rings is 1. The van der Waals surface area contributed by atoms with Crippen molar-refractivity contribution in [3.63, 3.8) is 0 Å². The highest BCUT2D eigenvalue weighted by Crippen LogP contribution is 2.28. The van der Waals surface area contributed by atoms with Gasteiger partial charge < -0.3 is 10.1 Å². The molecular formula is C23H26N4O4. The lowest BCUT2D eigenvalue weighted by Crippen LogP contribution is -2.27. The van der Waals surface area contributed by atoms with E-state index in [4.69, 9.17) is 10.00 Å². The van der Waals surface area contributed by atoms with E-state index in [1.165, 1.54) is 18.3 Å². The van der Waals surface area contributed by atoms with Gasteiger partial charge in [0.2, 0.25) is 5.91 Å². The molecule has 1 aromatic carbocycles. The van der Waals surface area contributed by atoms with Crippen molar-refractivity contribution in [1.82, 2.24) is 4.98 Å². The van der Waals surface area contributed by atoms with Gasteiger partial charge in [-0.15, -0.1) is 0 Å². The highest BCUT2D eigenvalue weighted by atomic mass is 16.6. The predicted molar refractivity (Wildman–Crippen MR) is 117 cm³/mol. The summed E-state index contributed by atoms with van der Waals surface area (Å²) in [6.07, 6.45) is 0.267. The summed E-state index contributed by atoms with van der Waals surface area (Å²) >= 11 is 0. The van der Waals surface area contributed by atoms with Crippen LogP contribution in [0.5, 0.6) is 0 Å². The van der Waals surface area contributed by atoms with E-state index in [1.54, 1.807) is 32.9 Å². The molecule has 8 heteroatoms. The summed E-state index contributed by atoms with van der Waals surface area (Å²) in [5.74, 6) is -0.805. The molecule has 1 aromatic heterocycles. The van der Waals surface area contributed by atoms with Crippen molar-refractivity contribution in [3.05, 3.63) is 53.3 Å². The molecule has 0 spiro atoms. The second kappa shape index (κ2) is 9.85. The molecule has 0 saturated heterocycles. The van der Waals surface area contributed by atoms with E-state index in [9.17, 15) is 14.4 Å². The van der Waals surface area contributed by atoms with Crippen molar-refractivity contribution in [2.24, 2.45) is 0 Å². The number of carbonyl (C=O) groups is 3. The van der Waals surface area contributed by atoms with Gasteiger partial charge in [0.15, 0.2) is 5.78 Å². The zero-order valence-corrected chi connectivity index (χ0v) is 18.3. The predicted octanol–water partition coefficient (Wildman–Crippen LogP) is 4.64. The number of rotatable bonds is 6. The van der Waals surface area contributed by atoms with Crippen LogP contribution in [0.15, 0.2) is 36.5 Å². The Labute approximate surface area is 181 Å². The summed E-state index contributed by atoms with van der Waals surface area (Å²) in [6.45, 7) is 9.25. The number of anilines is 2. The number of amides is 2. The van der Waals surface area contributed by atoms with Crippen molar-refractivity contribution in [3.8, 4) is 6.07 Å². The molecule has 2 amide bonds. The summed E-state index contributed by atoms with van der Waals surface area (Å²) < 4.78 is 5.27. The van der Waals surface area contributed by atoms with Gasteiger partial charge in [-0.05, 0) is 56.5 Å². The molecule has 0 aliphatic heterocycles. The maximum absolute atomic E-state index is 12.5. The van der Waals surface area contributed by atoms with Crippen LogP contribution in [0.25, 0.3) is 0 Å². The van der Waals surface area contributed by atoms with Gasteiger partial charge in [-0.1, -0.05) is 19.9 Å². The van der Waals surface area contributed by atoms with Crippen molar-refractivity contribution in [1.29, 1.82) is 5.26 Å². The van der Waals surface area contributed by atoms with E-state index >= 15 is 0 Å². The number of nitrogens with one attached hydrogen (secondary N) is 2. The minimum Gasteiger partial charge on any atom is -0.444 e. The quantitative estimate of drug-likeness (QED) is 0.517. The van der Waals surface area contributed by atoms with Gasteiger partial charge in [-0.2, -0.15) is 5.26 Å². The highest BCUT2D eigenvalue weighted by Gasteiger charge is 2.19. The monoisotopic (exact) mass is 422 g/mol. The summed E-state index contributed by atoms with van der Waals surface area (Å²) in [5.41, 5.74) is 1.32. The summed E-state index contributed by atoms with van der Waals surface area (Å²) in [7, 11) is 0. The van der Waals surface area contributed by atoms with Crippen LogP contribution in [0.1, 0.15) is 68.6 Å². The van der Waals surface area contributed by atoms with Gasteiger partial charge >= 0.3 is 6.09 Å². The van der Waals surface area contributed by atoms with E-state index in [0.717, 1.165) is 5.56 Å². The molecule has 0 saturated carbocycles. The standard InChI is InChI=1S/C23H26N4O4/c1-14(2)15-6-7-18(27-22(30)31-23(3,4)5)19(11-15)26-21(29)12-20(28)16-8-9-25-17(10-16)13-24/h6-11,14H,12H2,1-5H3,(H,26,29)(H,27,30). The van der Waals surface area contributed by atoms with Crippen molar-refractivity contribution >= 4 is 29.2 Å². The second-order valence-electron chi connectivity index (χ2n) is 8.28. The molecule has 0 aliphatic carbocycles. The maximum Gasteiger partial charge on any atom is 0.412 e. The second-order valence-corrected chi connectivity index (χ2v) is 8.28. The van der Waals surface area contributed by atoms with E-state index in [1.807, 2.05) is 26.0 Å². The minimum absolute atomic E-state index is 0.0970. The molecule has 2 N–H and O–H groups in total. The molecule has 31 heavy (non-hydrogen) atoms. The van der Waals surface area contributed by atoms with Gasteiger partial charge in [0.1, 0.15) is 17.4 Å². The van der Waals surface area contributed by atoms with Gasteiger partial charge in [0.25, 0.3) is 0 Å². The fourth-order valence-corrected chi connectivity index (χ4v) is 2.65. The topological polar surface area (TPSA) is 121 Å². The lowest BCUT2D eigenvalue weighted by molar-refractivity contribution is -0.115. The van der Waals surface area contributed by atoms with Crippen LogP contribution in [-0.4, -0.2) is 28.4 Å². The fourth-order valence-electron chi connectivity index (χ4n) is 2.65. The molecule has 2 rings (SSSR count). The van der Waals surface area contributed by atoms with Crippen LogP contribution in [0.2, 0.25) is 0 Å². The van der Waals surface area contributed by atoms with Gasteiger partial charge in [0.05, 0.1) is 17.8 Å². The Bertz CT molecular complexity index is 1030. The van der Waals surface area contributed by atoms with Crippen molar-refractivity contribution in [2.45, 2.75) is 52.6 Å². The number of ketones is 1. The molecular weight excluding hydrogens is 396 g/mol. The van der Waals surface area contributed by atoms with Crippen molar-refractivity contribution < 1.29 is 19.1 Å². The van der Waals surface area contributed by atoms with Gasteiger partial charge in [-0.25, -0.2) is 9.78 Å². The molecule has 8 nitrogen and oxygen atoms in total. The lowest BCUT2D eigenvalue weighted by atomic mass is 10.0. The molecule has 0 unspecified atom stereocenters. The zero-order valence-electron chi connectivity index (χ0n) is 18.3. The van der Waals surface area contributed by atoms with E-state index in [-0.39, 0.29) is 17.2 Å². The number of benzene rings is 1. The molecule has 162 valence electrons. The number of Topliss-reactive ketones (excluding diaryl/α,β-unsaturated/α-hetero) is 1. The first-order valence-electron chi connectivity index (χ1n) is 9.81. The fraction of sp³-hybridized carbons (Fsp3) is 0.348. The summed E-state index contributed by atoms with van der Waals surface area (Å²) in [5, 5.41) is 14.2. The van der Waals surface area contributed by atoms with Crippen LogP contribution >= 0.6 is 0 Å². The zero-order chi connectivity index (χ0) is 23.2. The molecule has 0 aliphatic rings. The first kappa shape index (κ1) is 23.5. The van der Waals surface area contributed by atoms with E-state index in [2.05, 4.69) is 15.6 Å². The van der Waals surface area contributed by atoms with Gasteiger partial charge in [0, 0.05) is 11.8 Å². The molecule has 0 atom stereocenters. The van der Waals surface area contributed by atoms with E-state index < -0.39 is 29.8 Å². The SMILES string of the molecule is CC(C)c1ccc(NC(=O)OC(C)(C)C)c(NC(=O)CC(=O)c2ccnc(C#N)c2)c1. The third-order valence-electron chi connectivity index (χ3n) is 4.14. The average Bonchev–Trinajstić information content (AvgIpc) is 2.67. The Morgan fingerprint density at radius 2 is 1.81 bits per heavy atom. The first-order chi connectivity index (χ1) is 14.5. The smallest absolute Gasteiger partial charge is 0.412 e. The lowest BCUT2D eigenvalue weighted by Gasteiger charge is -2.21. The highest BCUT2D eigenvalue weighted by molar-refractivity contribution is 6.12. The third kappa shape index (κ3) is 7.23. The Balaban J connectivity index is 2.19.